The zero-order chi connectivity index (χ0) is 15.4. The van der Waals surface area contributed by atoms with Crippen molar-refractivity contribution in [3.63, 3.8) is 0 Å². The second kappa shape index (κ2) is 6.36. The maximum atomic E-state index is 13.3. The molecule has 0 amide bonds. The zero-order valence-corrected chi connectivity index (χ0v) is 11.8. The van der Waals surface area contributed by atoms with Crippen LogP contribution in [0.25, 0.3) is 0 Å². The van der Waals surface area contributed by atoms with E-state index in [9.17, 15) is 9.18 Å². The van der Waals surface area contributed by atoms with Crippen LogP contribution in [-0.2, 0) is 4.74 Å². The Labute approximate surface area is 124 Å². The fourth-order valence-corrected chi connectivity index (χ4v) is 1.78. The van der Waals surface area contributed by atoms with Gasteiger partial charge in [-0.05, 0) is 12.1 Å². The molecule has 1 aromatic carbocycles. The third-order valence-corrected chi connectivity index (χ3v) is 2.77. The van der Waals surface area contributed by atoms with Crippen LogP contribution in [-0.4, -0.2) is 30.4 Å². The van der Waals surface area contributed by atoms with Gasteiger partial charge in [0.05, 0.1) is 25.4 Å². The number of hydrogen-bond acceptors (Lipinski definition) is 6. The van der Waals surface area contributed by atoms with Gasteiger partial charge < -0.3 is 14.2 Å². The lowest BCUT2D eigenvalue weighted by molar-refractivity contribution is 0.0596. The minimum absolute atomic E-state index is 0.0196. The molecule has 0 radical (unpaired) electrons. The highest BCUT2D eigenvalue weighted by molar-refractivity contribution is 6.32. The average Bonchev–Trinajstić information content (AvgIpc) is 2.49. The standard InChI is InChI=1S/C13H10ClFN2O4/c1-19-10-6-7(15)5-9(14)11(10)21-12-8(13(18)20-2)3-4-16-17-12/h3-6H,1-2H3. The van der Waals surface area contributed by atoms with Gasteiger partial charge in [-0.3, -0.25) is 0 Å². The molecular formula is C13H10ClFN2O4. The van der Waals surface area contributed by atoms with E-state index in [-0.39, 0.29) is 28.0 Å². The number of carbonyl (C=O) groups is 1. The van der Waals surface area contributed by atoms with Gasteiger partial charge in [0.2, 0.25) is 0 Å². The fourth-order valence-electron chi connectivity index (χ4n) is 1.54. The minimum Gasteiger partial charge on any atom is -0.493 e. The summed E-state index contributed by atoms with van der Waals surface area (Å²) in [6.07, 6.45) is 1.31. The SMILES string of the molecule is COC(=O)c1ccnnc1Oc1c(Cl)cc(F)cc1OC. The lowest BCUT2D eigenvalue weighted by atomic mass is 10.3. The molecule has 8 heteroatoms. The molecule has 0 saturated carbocycles. The lowest BCUT2D eigenvalue weighted by Crippen LogP contribution is -2.06. The Bertz CT molecular complexity index is 681. The molecule has 0 fully saturated rings. The maximum absolute atomic E-state index is 13.3. The van der Waals surface area contributed by atoms with Gasteiger partial charge in [0.15, 0.2) is 11.5 Å². The van der Waals surface area contributed by atoms with E-state index in [0.717, 1.165) is 12.1 Å². The largest absolute Gasteiger partial charge is 0.493 e. The van der Waals surface area contributed by atoms with Crippen LogP contribution >= 0.6 is 11.6 Å². The van der Waals surface area contributed by atoms with Crippen LogP contribution in [0.1, 0.15) is 10.4 Å². The van der Waals surface area contributed by atoms with Gasteiger partial charge in [-0.2, -0.15) is 5.10 Å². The second-order valence-corrected chi connectivity index (χ2v) is 4.17. The second-order valence-electron chi connectivity index (χ2n) is 3.76. The summed E-state index contributed by atoms with van der Waals surface area (Å²) in [5, 5.41) is 7.29. The van der Waals surface area contributed by atoms with Crippen LogP contribution in [0.5, 0.6) is 17.4 Å². The van der Waals surface area contributed by atoms with E-state index in [1.54, 1.807) is 0 Å². The lowest BCUT2D eigenvalue weighted by Gasteiger charge is -2.12. The highest BCUT2D eigenvalue weighted by Crippen LogP contribution is 2.39. The first-order valence-electron chi connectivity index (χ1n) is 5.67. The molecule has 21 heavy (non-hydrogen) atoms. The minimum atomic E-state index is -0.655. The van der Waals surface area contributed by atoms with Gasteiger partial charge in [-0.15, -0.1) is 5.10 Å². The van der Waals surface area contributed by atoms with Gasteiger partial charge in [0.1, 0.15) is 11.4 Å². The summed E-state index contributed by atoms with van der Waals surface area (Å²) in [4.78, 5) is 11.6. The van der Waals surface area contributed by atoms with Crippen LogP contribution < -0.4 is 9.47 Å². The van der Waals surface area contributed by atoms with Crippen molar-refractivity contribution in [2.24, 2.45) is 0 Å². The number of rotatable bonds is 4. The number of methoxy groups -OCH3 is 2. The number of aromatic nitrogens is 2. The molecule has 0 aliphatic rings. The number of nitrogens with zero attached hydrogens (tertiary/aromatic N) is 2. The molecule has 0 unspecified atom stereocenters. The molecule has 6 nitrogen and oxygen atoms in total. The van der Waals surface area contributed by atoms with Gasteiger partial charge in [-0.25, -0.2) is 9.18 Å². The zero-order valence-electron chi connectivity index (χ0n) is 11.1. The molecule has 1 aromatic heterocycles. The molecule has 0 N–H and O–H groups in total. The average molecular weight is 313 g/mol. The van der Waals surface area contributed by atoms with Crippen molar-refractivity contribution in [3.8, 4) is 17.4 Å². The number of ether oxygens (including phenoxy) is 3. The van der Waals surface area contributed by atoms with E-state index in [1.165, 1.54) is 26.5 Å². The predicted octanol–water partition coefficient (Wildman–Crippen LogP) is 2.86. The third kappa shape index (κ3) is 3.19. The van der Waals surface area contributed by atoms with Crippen LogP contribution in [0.4, 0.5) is 4.39 Å². The van der Waals surface area contributed by atoms with E-state index >= 15 is 0 Å². The number of hydrogen-bond donors (Lipinski definition) is 0. The summed E-state index contributed by atoms with van der Waals surface area (Å²) < 4.78 is 28.3. The van der Waals surface area contributed by atoms with Crippen molar-refractivity contribution in [2.45, 2.75) is 0 Å². The third-order valence-electron chi connectivity index (χ3n) is 2.49. The summed E-state index contributed by atoms with van der Waals surface area (Å²) in [7, 11) is 2.55. The van der Waals surface area contributed by atoms with Crippen molar-refractivity contribution in [2.75, 3.05) is 14.2 Å². The predicted molar refractivity (Wildman–Crippen MR) is 71.4 cm³/mol. The Kier molecular flexibility index (Phi) is 4.54. The molecule has 0 saturated heterocycles. The quantitative estimate of drug-likeness (QED) is 0.808. The summed E-state index contributed by atoms with van der Waals surface area (Å²) in [5.41, 5.74) is 0.0509. The van der Waals surface area contributed by atoms with Gasteiger partial charge >= 0.3 is 5.97 Å². The number of carbonyl (C=O) groups excluding carboxylic acids is 1. The van der Waals surface area contributed by atoms with Crippen molar-refractivity contribution >= 4 is 17.6 Å². The van der Waals surface area contributed by atoms with E-state index in [4.69, 9.17) is 21.1 Å². The van der Waals surface area contributed by atoms with E-state index < -0.39 is 11.8 Å². The van der Waals surface area contributed by atoms with Crippen molar-refractivity contribution in [3.05, 3.63) is 40.8 Å². The molecule has 110 valence electrons. The number of halogens is 2. The normalized spacial score (nSPS) is 10.1. The molecule has 2 aromatic rings. The fraction of sp³-hybridized carbons (Fsp3) is 0.154. The molecule has 1 heterocycles. The van der Waals surface area contributed by atoms with Crippen LogP contribution in [0, 0.1) is 5.82 Å². The van der Waals surface area contributed by atoms with Crippen LogP contribution in [0.3, 0.4) is 0 Å². The van der Waals surface area contributed by atoms with Gasteiger partial charge in [0, 0.05) is 6.07 Å². The molecule has 0 bridgehead atoms. The highest BCUT2D eigenvalue weighted by Gasteiger charge is 2.19. The molecule has 0 aliphatic carbocycles. The Morgan fingerprint density at radius 1 is 1.33 bits per heavy atom. The Morgan fingerprint density at radius 2 is 2.10 bits per heavy atom. The topological polar surface area (TPSA) is 70.5 Å². The Hall–Kier alpha value is -2.41. The summed E-state index contributed by atoms with van der Waals surface area (Å²) in [5.74, 6) is -1.29. The summed E-state index contributed by atoms with van der Waals surface area (Å²) in [6.45, 7) is 0. The number of esters is 1. The summed E-state index contributed by atoms with van der Waals surface area (Å²) in [6, 6.07) is 3.51. The molecule has 2 rings (SSSR count). The first-order chi connectivity index (χ1) is 10.1. The monoisotopic (exact) mass is 312 g/mol. The number of benzene rings is 1. The summed E-state index contributed by atoms with van der Waals surface area (Å²) >= 11 is 5.92. The maximum Gasteiger partial charge on any atom is 0.343 e. The van der Waals surface area contributed by atoms with Crippen LogP contribution in [0.15, 0.2) is 24.4 Å². The Balaban J connectivity index is 2.46. The van der Waals surface area contributed by atoms with Crippen molar-refractivity contribution in [1.82, 2.24) is 10.2 Å². The molecule has 0 atom stereocenters. The molecular weight excluding hydrogens is 303 g/mol. The molecule has 0 spiro atoms. The van der Waals surface area contributed by atoms with Gasteiger partial charge in [0.25, 0.3) is 5.88 Å². The van der Waals surface area contributed by atoms with Gasteiger partial charge in [-0.1, -0.05) is 11.6 Å². The smallest absolute Gasteiger partial charge is 0.343 e. The van der Waals surface area contributed by atoms with E-state index in [1.807, 2.05) is 0 Å². The molecule has 0 aliphatic heterocycles. The highest BCUT2D eigenvalue weighted by atomic mass is 35.5. The van der Waals surface area contributed by atoms with E-state index in [2.05, 4.69) is 14.9 Å². The van der Waals surface area contributed by atoms with E-state index in [0.29, 0.717) is 0 Å². The van der Waals surface area contributed by atoms with Crippen molar-refractivity contribution < 1.29 is 23.4 Å². The Morgan fingerprint density at radius 3 is 2.76 bits per heavy atom. The first kappa shape index (κ1) is 15.0. The van der Waals surface area contributed by atoms with Crippen molar-refractivity contribution in [1.29, 1.82) is 0 Å². The first-order valence-corrected chi connectivity index (χ1v) is 6.05. The van der Waals surface area contributed by atoms with Crippen LogP contribution in [0.2, 0.25) is 5.02 Å².